The summed E-state index contributed by atoms with van der Waals surface area (Å²) in [6.45, 7) is 10.1. The maximum Gasteiger partial charge on any atom is 0.283 e. The van der Waals surface area contributed by atoms with E-state index in [1.807, 2.05) is 57.7 Å². The van der Waals surface area contributed by atoms with Gasteiger partial charge in [-0.2, -0.15) is 8.42 Å². The van der Waals surface area contributed by atoms with Gasteiger partial charge in [-0.3, -0.25) is 4.98 Å². The van der Waals surface area contributed by atoms with Gasteiger partial charge in [-0.25, -0.2) is 0 Å². The van der Waals surface area contributed by atoms with Crippen LogP contribution in [0.5, 0.6) is 0 Å². The van der Waals surface area contributed by atoms with Crippen LogP contribution >= 0.6 is 0 Å². The molecule has 0 N–H and O–H groups in total. The van der Waals surface area contributed by atoms with Crippen molar-refractivity contribution in [1.29, 1.82) is 0 Å². The van der Waals surface area contributed by atoms with Gasteiger partial charge >= 0.3 is 0 Å². The van der Waals surface area contributed by atoms with Crippen molar-refractivity contribution in [2.75, 3.05) is 0 Å². The molecule has 0 unspecified atom stereocenters. The molecule has 5 nitrogen and oxygen atoms in total. The summed E-state index contributed by atoms with van der Waals surface area (Å²) in [5.74, 6) is 0.509. The third-order valence-electron chi connectivity index (χ3n) is 4.02. The molecule has 0 radical (unpaired) electrons. The Morgan fingerprint density at radius 2 is 1.65 bits per heavy atom. The van der Waals surface area contributed by atoms with E-state index in [4.69, 9.17) is 0 Å². The average molecular weight is 374 g/mol. The van der Waals surface area contributed by atoms with E-state index in [1.54, 1.807) is 30.5 Å². The van der Waals surface area contributed by atoms with Gasteiger partial charge in [0.15, 0.2) is 0 Å². The molecular formula is C20H27N3O2S. The third-order valence-corrected chi connectivity index (χ3v) is 5.34. The summed E-state index contributed by atoms with van der Waals surface area (Å²) in [5, 5.41) is 0. The van der Waals surface area contributed by atoms with Crippen LogP contribution in [0.1, 0.15) is 39.0 Å². The molecule has 0 spiro atoms. The fourth-order valence-corrected chi connectivity index (χ4v) is 3.95. The van der Waals surface area contributed by atoms with E-state index in [2.05, 4.69) is 9.38 Å². The molecule has 0 aliphatic rings. The lowest BCUT2D eigenvalue weighted by atomic mass is 10.1. The highest BCUT2D eigenvalue weighted by Crippen LogP contribution is 2.17. The predicted octanol–water partition coefficient (Wildman–Crippen LogP) is 3.84. The van der Waals surface area contributed by atoms with Gasteiger partial charge < -0.3 is 4.90 Å². The zero-order valence-corrected chi connectivity index (χ0v) is 16.9. The number of hydrogen-bond donors (Lipinski definition) is 0. The lowest BCUT2D eigenvalue weighted by molar-refractivity contribution is 0.288. The fraction of sp³-hybridized carbons (Fsp3) is 0.400. The number of rotatable bonds is 6. The molecule has 0 bridgehead atoms. The number of hydrogen-bond acceptors (Lipinski definition) is 3. The van der Waals surface area contributed by atoms with Crippen LogP contribution in [0.15, 0.2) is 58.0 Å². The number of aromatic nitrogens is 1. The minimum absolute atomic E-state index is 0.116. The first-order chi connectivity index (χ1) is 12.2. The van der Waals surface area contributed by atoms with E-state index in [0.29, 0.717) is 12.3 Å². The minimum atomic E-state index is -3.79. The molecule has 1 aromatic heterocycles. The molecule has 1 heterocycles. The van der Waals surface area contributed by atoms with Crippen molar-refractivity contribution in [3.05, 3.63) is 59.9 Å². The monoisotopic (exact) mass is 373 g/mol. The van der Waals surface area contributed by atoms with Crippen molar-refractivity contribution < 1.29 is 8.42 Å². The topological polar surface area (TPSA) is 62.6 Å². The Balaban J connectivity index is 2.50. The fourth-order valence-electron chi connectivity index (χ4n) is 2.93. The van der Waals surface area contributed by atoms with E-state index >= 15 is 0 Å². The van der Waals surface area contributed by atoms with Gasteiger partial charge in [0.1, 0.15) is 5.84 Å². The Bertz CT molecular complexity index is 834. The Morgan fingerprint density at radius 3 is 2.15 bits per heavy atom. The third kappa shape index (κ3) is 5.14. The van der Waals surface area contributed by atoms with Crippen molar-refractivity contribution in [3.63, 3.8) is 0 Å². The van der Waals surface area contributed by atoms with Crippen LogP contribution in [0.25, 0.3) is 0 Å². The van der Waals surface area contributed by atoms with Crippen LogP contribution in [-0.2, 0) is 16.4 Å². The van der Waals surface area contributed by atoms with Crippen molar-refractivity contribution in [2.45, 2.75) is 58.0 Å². The first-order valence-electron chi connectivity index (χ1n) is 8.79. The molecule has 0 atom stereocenters. The number of sulfonamides is 1. The number of amidine groups is 1. The predicted molar refractivity (Wildman–Crippen MR) is 106 cm³/mol. The molecule has 0 amide bonds. The normalized spacial score (nSPS) is 12.7. The van der Waals surface area contributed by atoms with Crippen molar-refractivity contribution in [2.24, 2.45) is 4.40 Å². The second kappa shape index (κ2) is 8.45. The molecular weight excluding hydrogens is 346 g/mol. The van der Waals surface area contributed by atoms with Crippen LogP contribution in [0.4, 0.5) is 0 Å². The average Bonchev–Trinajstić information content (AvgIpc) is 2.55. The van der Waals surface area contributed by atoms with Crippen molar-refractivity contribution in [3.8, 4) is 0 Å². The first-order valence-corrected chi connectivity index (χ1v) is 10.2. The first kappa shape index (κ1) is 20.1. The minimum Gasteiger partial charge on any atom is -0.354 e. The molecule has 2 aromatic rings. The van der Waals surface area contributed by atoms with Crippen molar-refractivity contribution >= 4 is 15.9 Å². The second-order valence-corrected chi connectivity index (χ2v) is 8.49. The standard InChI is InChI=1S/C20H27N3O2S/c1-15(2)23(16(3)4)20(14-18-8-6-7-13-21-18)22-26(24,25)19-11-9-17(5)10-12-19/h6-13,15-16H,14H2,1-5H3. The summed E-state index contributed by atoms with van der Waals surface area (Å²) in [7, 11) is -3.79. The molecule has 6 heteroatoms. The molecule has 0 aliphatic heterocycles. The Hall–Kier alpha value is -2.21. The smallest absolute Gasteiger partial charge is 0.283 e. The lowest BCUT2D eigenvalue weighted by Crippen LogP contribution is -2.43. The summed E-state index contributed by atoms with van der Waals surface area (Å²) >= 11 is 0. The molecule has 0 saturated carbocycles. The number of nitrogens with zero attached hydrogens (tertiary/aromatic N) is 3. The highest BCUT2D eigenvalue weighted by atomic mass is 32.2. The SMILES string of the molecule is Cc1ccc(S(=O)(=O)N=C(Cc2ccccn2)N(C(C)C)C(C)C)cc1. The maximum absolute atomic E-state index is 12.9. The molecule has 0 aliphatic carbocycles. The highest BCUT2D eigenvalue weighted by Gasteiger charge is 2.23. The van der Waals surface area contributed by atoms with E-state index < -0.39 is 10.0 Å². The number of benzene rings is 1. The van der Waals surface area contributed by atoms with Gasteiger partial charge in [0, 0.05) is 30.4 Å². The maximum atomic E-state index is 12.9. The van der Waals surface area contributed by atoms with E-state index in [9.17, 15) is 8.42 Å². The van der Waals surface area contributed by atoms with E-state index in [-0.39, 0.29) is 17.0 Å². The van der Waals surface area contributed by atoms with E-state index in [0.717, 1.165) is 11.3 Å². The summed E-state index contributed by atoms with van der Waals surface area (Å²) < 4.78 is 29.9. The molecule has 0 saturated heterocycles. The second-order valence-electron chi connectivity index (χ2n) is 6.89. The Kier molecular flexibility index (Phi) is 6.53. The highest BCUT2D eigenvalue weighted by molar-refractivity contribution is 7.90. The molecule has 0 fully saturated rings. The zero-order chi connectivity index (χ0) is 19.3. The summed E-state index contributed by atoms with van der Waals surface area (Å²) in [4.78, 5) is 6.56. The molecule has 2 rings (SSSR count). The summed E-state index contributed by atoms with van der Waals surface area (Å²) in [5.41, 5.74) is 1.80. The van der Waals surface area contributed by atoms with Gasteiger partial charge in [0.05, 0.1) is 4.90 Å². The number of pyridine rings is 1. The van der Waals surface area contributed by atoms with Crippen molar-refractivity contribution in [1.82, 2.24) is 9.88 Å². The van der Waals surface area contributed by atoms with Crippen LogP contribution in [0.3, 0.4) is 0 Å². The van der Waals surface area contributed by atoms with Gasteiger partial charge in [0.2, 0.25) is 0 Å². The van der Waals surface area contributed by atoms with Crippen LogP contribution in [-0.4, -0.2) is 36.2 Å². The largest absolute Gasteiger partial charge is 0.354 e. The van der Waals surface area contributed by atoms with Crippen LogP contribution < -0.4 is 0 Å². The van der Waals surface area contributed by atoms with Gasteiger partial charge in [-0.05, 0) is 58.9 Å². The Morgan fingerprint density at radius 1 is 1.04 bits per heavy atom. The summed E-state index contributed by atoms with van der Waals surface area (Å²) in [6.07, 6.45) is 2.07. The lowest BCUT2D eigenvalue weighted by Gasteiger charge is -2.33. The zero-order valence-electron chi connectivity index (χ0n) is 16.0. The summed E-state index contributed by atoms with van der Waals surface area (Å²) in [6, 6.07) is 12.6. The van der Waals surface area contributed by atoms with Gasteiger partial charge in [0.25, 0.3) is 10.0 Å². The Labute approximate surface area is 156 Å². The van der Waals surface area contributed by atoms with Gasteiger partial charge in [-0.1, -0.05) is 23.8 Å². The molecule has 26 heavy (non-hydrogen) atoms. The van der Waals surface area contributed by atoms with Crippen LogP contribution in [0.2, 0.25) is 0 Å². The quantitative estimate of drug-likeness (QED) is 0.570. The molecule has 1 aromatic carbocycles. The van der Waals surface area contributed by atoms with E-state index in [1.165, 1.54) is 0 Å². The van der Waals surface area contributed by atoms with Gasteiger partial charge in [-0.15, -0.1) is 4.40 Å². The molecule has 140 valence electrons. The van der Waals surface area contributed by atoms with Crippen LogP contribution in [0, 0.1) is 6.92 Å². The number of aryl methyl sites for hydroxylation is 1.